The molecule has 0 aliphatic carbocycles. The fourth-order valence-electron chi connectivity index (χ4n) is 3.13. The van der Waals surface area contributed by atoms with Crippen molar-refractivity contribution in [1.82, 2.24) is 0 Å². The number of allylic oxidation sites excluding steroid dienone is 1. The van der Waals surface area contributed by atoms with Crippen LogP contribution in [0.25, 0.3) is 0 Å². The first-order valence-electron chi connectivity index (χ1n) is 9.69. The molecule has 28 heavy (non-hydrogen) atoms. The van der Waals surface area contributed by atoms with Gasteiger partial charge in [0.15, 0.2) is 5.79 Å². The average Bonchev–Trinajstić information content (AvgIpc) is 2.91. The second-order valence-electron chi connectivity index (χ2n) is 7.92. The zero-order valence-electron chi connectivity index (χ0n) is 17.4. The molecule has 1 aromatic rings. The lowest BCUT2D eigenvalue weighted by Gasteiger charge is -2.24. The highest BCUT2D eigenvalue weighted by Gasteiger charge is 2.45. The van der Waals surface area contributed by atoms with Crippen LogP contribution in [-0.4, -0.2) is 42.3 Å². The van der Waals surface area contributed by atoms with Gasteiger partial charge in [-0.05, 0) is 43.9 Å². The second kappa shape index (κ2) is 10.0. The normalized spacial score (nSPS) is 22.6. The predicted molar refractivity (Wildman–Crippen MR) is 106 cm³/mol. The molecule has 1 unspecified atom stereocenters. The van der Waals surface area contributed by atoms with Crippen LogP contribution >= 0.6 is 0 Å². The van der Waals surface area contributed by atoms with Gasteiger partial charge in [-0.25, -0.2) is 0 Å². The lowest BCUT2D eigenvalue weighted by molar-refractivity contribution is -0.158. The molecule has 1 aliphatic rings. The van der Waals surface area contributed by atoms with Gasteiger partial charge in [0.25, 0.3) is 0 Å². The van der Waals surface area contributed by atoms with Gasteiger partial charge in [-0.3, -0.25) is 4.79 Å². The van der Waals surface area contributed by atoms with Crippen molar-refractivity contribution >= 4 is 5.97 Å². The smallest absolute Gasteiger partial charge is 0.306 e. The highest BCUT2D eigenvalue weighted by molar-refractivity contribution is 5.67. The molecule has 0 amide bonds. The minimum absolute atomic E-state index is 0.130. The van der Waals surface area contributed by atoms with E-state index >= 15 is 0 Å². The van der Waals surface area contributed by atoms with Crippen LogP contribution in [0, 0.1) is 5.92 Å². The zero-order valence-corrected chi connectivity index (χ0v) is 17.4. The Labute approximate surface area is 167 Å². The van der Waals surface area contributed by atoms with Gasteiger partial charge in [0.1, 0.15) is 24.1 Å². The fraction of sp³-hybridized carbons (Fsp3) is 0.591. The molecule has 1 aliphatic heterocycles. The Morgan fingerprint density at radius 2 is 1.93 bits per heavy atom. The third kappa shape index (κ3) is 6.93. The Balaban J connectivity index is 2.14. The lowest BCUT2D eigenvalue weighted by atomic mass is 10.0. The molecule has 1 fully saturated rings. The molecule has 0 radical (unpaired) electrons. The maximum Gasteiger partial charge on any atom is 0.306 e. The third-order valence-corrected chi connectivity index (χ3v) is 4.46. The van der Waals surface area contributed by atoms with Crippen molar-refractivity contribution in [3.8, 4) is 5.75 Å². The van der Waals surface area contributed by atoms with Crippen molar-refractivity contribution in [2.45, 2.75) is 71.2 Å². The number of methoxy groups -OCH3 is 1. The van der Waals surface area contributed by atoms with Crippen LogP contribution in [0.3, 0.4) is 0 Å². The summed E-state index contributed by atoms with van der Waals surface area (Å²) in [7, 11) is 1.63. The summed E-state index contributed by atoms with van der Waals surface area (Å²) in [6.07, 6.45) is 3.33. The van der Waals surface area contributed by atoms with E-state index in [1.54, 1.807) is 21.0 Å². The van der Waals surface area contributed by atoms with Crippen LogP contribution < -0.4 is 4.74 Å². The van der Waals surface area contributed by atoms with Gasteiger partial charge in [0.05, 0.1) is 20.1 Å². The first-order valence-corrected chi connectivity index (χ1v) is 9.69. The third-order valence-electron chi connectivity index (χ3n) is 4.46. The SMILES string of the molecule is COc1ccc(COC(/C=C\CC(C)C)[C@H]2OC(C)(C)O[C@H]2CC(=O)O)cc1. The quantitative estimate of drug-likeness (QED) is 0.602. The van der Waals surface area contributed by atoms with Crippen LogP contribution in [0.5, 0.6) is 5.75 Å². The summed E-state index contributed by atoms with van der Waals surface area (Å²) in [4.78, 5) is 11.3. The molecule has 1 aromatic carbocycles. The molecule has 0 bridgehead atoms. The van der Waals surface area contributed by atoms with E-state index in [-0.39, 0.29) is 6.42 Å². The van der Waals surface area contributed by atoms with E-state index in [9.17, 15) is 9.90 Å². The van der Waals surface area contributed by atoms with E-state index in [1.165, 1.54) is 0 Å². The zero-order chi connectivity index (χ0) is 20.7. The maximum atomic E-state index is 11.3. The summed E-state index contributed by atoms with van der Waals surface area (Å²) in [6, 6.07) is 7.65. The molecule has 6 nitrogen and oxygen atoms in total. The van der Waals surface area contributed by atoms with Gasteiger partial charge >= 0.3 is 5.97 Å². The summed E-state index contributed by atoms with van der Waals surface area (Å²) in [5.41, 5.74) is 0.996. The number of rotatable bonds is 10. The highest BCUT2D eigenvalue weighted by atomic mass is 16.8. The molecule has 0 aromatic heterocycles. The van der Waals surface area contributed by atoms with Gasteiger partial charge in [0.2, 0.25) is 0 Å². The minimum Gasteiger partial charge on any atom is -0.497 e. The Bertz CT molecular complexity index is 649. The summed E-state index contributed by atoms with van der Waals surface area (Å²) < 4.78 is 23.2. The van der Waals surface area contributed by atoms with Gasteiger partial charge in [-0.2, -0.15) is 0 Å². The number of hydrogen-bond donors (Lipinski definition) is 1. The maximum absolute atomic E-state index is 11.3. The van der Waals surface area contributed by atoms with Gasteiger partial charge in [-0.1, -0.05) is 38.1 Å². The molecular formula is C22H32O6. The van der Waals surface area contributed by atoms with Crippen LogP contribution in [0.2, 0.25) is 0 Å². The number of benzene rings is 1. The molecule has 0 saturated carbocycles. The van der Waals surface area contributed by atoms with E-state index in [4.69, 9.17) is 18.9 Å². The first-order chi connectivity index (χ1) is 13.2. The predicted octanol–water partition coefficient (Wildman–Crippen LogP) is 4.18. The van der Waals surface area contributed by atoms with E-state index < -0.39 is 30.1 Å². The minimum atomic E-state index is -0.920. The molecule has 1 heterocycles. The Kier molecular flexibility index (Phi) is 8.04. The number of hydrogen-bond acceptors (Lipinski definition) is 5. The summed E-state index contributed by atoms with van der Waals surface area (Å²) >= 11 is 0. The molecule has 1 N–H and O–H groups in total. The van der Waals surface area contributed by atoms with E-state index in [0.717, 1.165) is 17.7 Å². The molecule has 3 atom stereocenters. The largest absolute Gasteiger partial charge is 0.497 e. The van der Waals surface area contributed by atoms with Crippen LogP contribution in [0.4, 0.5) is 0 Å². The number of aliphatic carboxylic acids is 1. The number of ether oxygens (including phenoxy) is 4. The van der Waals surface area contributed by atoms with Crippen molar-refractivity contribution in [3.63, 3.8) is 0 Å². The van der Waals surface area contributed by atoms with Crippen molar-refractivity contribution in [3.05, 3.63) is 42.0 Å². The summed E-state index contributed by atoms with van der Waals surface area (Å²) in [5.74, 6) is -0.465. The highest BCUT2D eigenvalue weighted by Crippen LogP contribution is 2.33. The Morgan fingerprint density at radius 3 is 2.50 bits per heavy atom. The average molecular weight is 392 g/mol. The van der Waals surface area contributed by atoms with E-state index in [0.29, 0.717) is 12.5 Å². The van der Waals surface area contributed by atoms with Crippen molar-refractivity contribution in [2.24, 2.45) is 5.92 Å². The van der Waals surface area contributed by atoms with Crippen LogP contribution in [0.1, 0.15) is 46.1 Å². The molecular weight excluding hydrogens is 360 g/mol. The topological polar surface area (TPSA) is 74.2 Å². The number of carboxylic acids is 1. The van der Waals surface area contributed by atoms with Gasteiger partial charge < -0.3 is 24.1 Å². The molecule has 1 saturated heterocycles. The lowest BCUT2D eigenvalue weighted by Crippen LogP contribution is -2.37. The van der Waals surface area contributed by atoms with Gasteiger partial charge in [-0.15, -0.1) is 0 Å². The summed E-state index contributed by atoms with van der Waals surface area (Å²) in [6.45, 7) is 8.24. The summed E-state index contributed by atoms with van der Waals surface area (Å²) in [5, 5.41) is 9.24. The number of carbonyl (C=O) groups is 1. The van der Waals surface area contributed by atoms with E-state index in [2.05, 4.69) is 19.9 Å². The van der Waals surface area contributed by atoms with Crippen LogP contribution in [0.15, 0.2) is 36.4 Å². The molecule has 0 spiro atoms. The molecule has 156 valence electrons. The fourth-order valence-corrected chi connectivity index (χ4v) is 3.13. The van der Waals surface area contributed by atoms with Crippen molar-refractivity contribution in [2.75, 3.05) is 7.11 Å². The molecule has 2 rings (SSSR count). The van der Waals surface area contributed by atoms with Gasteiger partial charge in [0, 0.05) is 0 Å². The van der Waals surface area contributed by atoms with Crippen molar-refractivity contribution in [1.29, 1.82) is 0 Å². The molecule has 6 heteroatoms. The monoisotopic (exact) mass is 392 g/mol. The van der Waals surface area contributed by atoms with Crippen molar-refractivity contribution < 1.29 is 28.8 Å². The second-order valence-corrected chi connectivity index (χ2v) is 7.92. The Hall–Kier alpha value is -1.89. The van der Waals surface area contributed by atoms with Crippen LogP contribution in [-0.2, 0) is 25.6 Å². The standard InChI is InChI=1S/C22H32O6/c1-15(2)7-6-8-18(26-14-16-9-11-17(25-5)12-10-16)21-19(13-20(23)24)27-22(3,4)28-21/h6,8-12,15,18-19,21H,7,13-14H2,1-5H3,(H,23,24)/b8-6-/t18?,19-,21+/m0/s1. The first kappa shape index (κ1) is 22.4. The van der Waals surface area contributed by atoms with E-state index in [1.807, 2.05) is 30.3 Å². The number of carboxylic acid groups (broad SMARTS) is 1. The Morgan fingerprint density at radius 1 is 1.25 bits per heavy atom.